The van der Waals surface area contributed by atoms with Crippen LogP contribution in [0.4, 0.5) is 4.79 Å². The first-order chi connectivity index (χ1) is 16.5. The SMILES string of the molecule is CC(C)C[C@H](NC(=O)OCC1c2ccccc2-c2ccccc21)C(=O)C(=CO)C(=O)OC(C)(C)O. The predicted molar refractivity (Wildman–Crippen MR) is 130 cm³/mol. The highest BCUT2D eigenvalue weighted by Gasteiger charge is 2.33. The number of esters is 1. The highest BCUT2D eigenvalue weighted by Crippen LogP contribution is 2.44. The van der Waals surface area contributed by atoms with Crippen LogP contribution in [0.25, 0.3) is 11.1 Å². The molecule has 1 atom stereocenters. The number of hydrogen-bond acceptors (Lipinski definition) is 7. The molecule has 0 saturated carbocycles. The molecule has 0 aliphatic heterocycles. The van der Waals surface area contributed by atoms with Crippen molar-refractivity contribution in [1.82, 2.24) is 5.32 Å². The summed E-state index contributed by atoms with van der Waals surface area (Å²) in [5.41, 5.74) is 3.60. The number of hydrogen-bond donors (Lipinski definition) is 3. The van der Waals surface area contributed by atoms with E-state index in [2.05, 4.69) is 5.32 Å². The first-order valence-corrected chi connectivity index (χ1v) is 11.5. The van der Waals surface area contributed by atoms with Crippen molar-refractivity contribution in [2.45, 2.75) is 51.9 Å². The Balaban J connectivity index is 1.72. The molecule has 0 heterocycles. The fourth-order valence-electron chi connectivity index (χ4n) is 4.17. The first-order valence-electron chi connectivity index (χ1n) is 11.5. The molecule has 3 N–H and O–H groups in total. The molecule has 0 radical (unpaired) electrons. The van der Waals surface area contributed by atoms with Crippen LogP contribution in [0.3, 0.4) is 0 Å². The summed E-state index contributed by atoms with van der Waals surface area (Å²) >= 11 is 0. The third-order valence-electron chi connectivity index (χ3n) is 5.62. The number of aliphatic hydroxyl groups excluding tert-OH is 1. The van der Waals surface area contributed by atoms with E-state index in [0.29, 0.717) is 6.26 Å². The van der Waals surface area contributed by atoms with Crippen molar-refractivity contribution in [3.63, 3.8) is 0 Å². The zero-order valence-corrected chi connectivity index (χ0v) is 20.3. The molecule has 0 spiro atoms. The number of carbonyl (C=O) groups excluding carboxylic acids is 3. The maximum Gasteiger partial charge on any atom is 0.407 e. The van der Waals surface area contributed by atoms with Gasteiger partial charge in [0.1, 0.15) is 12.2 Å². The van der Waals surface area contributed by atoms with Gasteiger partial charge in [0.25, 0.3) is 0 Å². The predicted octanol–water partition coefficient (Wildman–Crippen LogP) is 4.22. The Hall–Kier alpha value is -3.65. The molecule has 2 aromatic rings. The third-order valence-corrected chi connectivity index (χ3v) is 5.62. The minimum absolute atomic E-state index is 0.0249. The molecule has 8 nitrogen and oxygen atoms in total. The Kier molecular flexibility index (Phi) is 7.96. The Bertz CT molecular complexity index is 1080. The minimum atomic E-state index is -1.85. The second kappa shape index (κ2) is 10.7. The fraction of sp³-hybridized carbons (Fsp3) is 0.370. The summed E-state index contributed by atoms with van der Waals surface area (Å²) in [4.78, 5) is 38.0. The van der Waals surface area contributed by atoms with Crippen LogP contribution >= 0.6 is 0 Å². The van der Waals surface area contributed by atoms with Gasteiger partial charge in [0, 0.05) is 19.8 Å². The Labute approximate surface area is 204 Å². The molecule has 8 heteroatoms. The van der Waals surface area contributed by atoms with Crippen molar-refractivity contribution >= 4 is 17.8 Å². The maximum absolute atomic E-state index is 13.0. The Morgan fingerprint density at radius 1 is 1.03 bits per heavy atom. The van der Waals surface area contributed by atoms with Gasteiger partial charge in [-0.25, -0.2) is 9.59 Å². The second-order valence-corrected chi connectivity index (χ2v) is 9.40. The van der Waals surface area contributed by atoms with Crippen LogP contribution in [0.5, 0.6) is 0 Å². The lowest BCUT2D eigenvalue weighted by Crippen LogP contribution is -2.44. The molecule has 1 aliphatic rings. The van der Waals surface area contributed by atoms with Gasteiger partial charge in [-0.1, -0.05) is 62.4 Å². The molecule has 2 aromatic carbocycles. The third kappa shape index (κ3) is 6.27. The monoisotopic (exact) mass is 481 g/mol. The van der Waals surface area contributed by atoms with Crippen LogP contribution in [0.15, 0.2) is 60.4 Å². The van der Waals surface area contributed by atoms with E-state index >= 15 is 0 Å². The van der Waals surface area contributed by atoms with E-state index < -0.39 is 35.2 Å². The van der Waals surface area contributed by atoms with E-state index in [1.165, 1.54) is 13.8 Å². The maximum atomic E-state index is 13.0. The van der Waals surface area contributed by atoms with Gasteiger partial charge < -0.3 is 25.0 Å². The number of carbonyl (C=O) groups is 3. The van der Waals surface area contributed by atoms with Gasteiger partial charge in [0.05, 0.1) is 12.3 Å². The fourth-order valence-corrected chi connectivity index (χ4v) is 4.17. The molecule has 3 rings (SSSR count). The quantitative estimate of drug-likeness (QED) is 0.122. The van der Waals surface area contributed by atoms with E-state index in [1.54, 1.807) is 0 Å². The number of ketones is 1. The number of ether oxygens (including phenoxy) is 2. The number of fused-ring (bicyclic) bond motifs is 3. The molecule has 0 fully saturated rings. The number of nitrogens with one attached hydrogen (secondary N) is 1. The summed E-state index contributed by atoms with van der Waals surface area (Å²) in [5.74, 6) is -4.07. The summed E-state index contributed by atoms with van der Waals surface area (Å²) in [6.45, 7) is 6.18. The number of amides is 1. The van der Waals surface area contributed by atoms with Crippen LogP contribution in [-0.4, -0.2) is 46.5 Å². The lowest BCUT2D eigenvalue weighted by molar-refractivity contribution is -0.190. The van der Waals surface area contributed by atoms with Crippen LogP contribution in [0.2, 0.25) is 0 Å². The molecule has 0 bridgehead atoms. The molecule has 186 valence electrons. The largest absolute Gasteiger partial charge is 0.515 e. The van der Waals surface area contributed by atoms with Crippen molar-refractivity contribution in [1.29, 1.82) is 0 Å². The van der Waals surface area contributed by atoms with Gasteiger partial charge in [-0.3, -0.25) is 4.79 Å². The average Bonchev–Trinajstić information content (AvgIpc) is 3.10. The molecule has 35 heavy (non-hydrogen) atoms. The Morgan fingerprint density at radius 2 is 1.57 bits per heavy atom. The number of Topliss-reactive ketones (excluding diaryl/α,β-unsaturated/α-hetero) is 1. The van der Waals surface area contributed by atoms with Gasteiger partial charge in [-0.05, 0) is 34.6 Å². The smallest absolute Gasteiger partial charge is 0.407 e. The van der Waals surface area contributed by atoms with E-state index in [4.69, 9.17) is 9.47 Å². The van der Waals surface area contributed by atoms with Gasteiger partial charge in [0.2, 0.25) is 5.79 Å². The molecule has 0 saturated heterocycles. The zero-order valence-electron chi connectivity index (χ0n) is 20.3. The van der Waals surface area contributed by atoms with Crippen molar-refractivity contribution in [3.8, 4) is 11.1 Å². The second-order valence-electron chi connectivity index (χ2n) is 9.40. The highest BCUT2D eigenvalue weighted by atomic mass is 16.7. The van der Waals surface area contributed by atoms with Crippen LogP contribution in [-0.2, 0) is 19.1 Å². The lowest BCUT2D eigenvalue weighted by Gasteiger charge is -2.22. The van der Waals surface area contributed by atoms with Gasteiger partial charge in [-0.2, -0.15) is 0 Å². The number of alkyl carbamates (subject to hydrolysis) is 1. The highest BCUT2D eigenvalue weighted by molar-refractivity contribution is 6.19. The molecular formula is C27H31NO7. The lowest BCUT2D eigenvalue weighted by atomic mass is 9.96. The number of aliphatic hydroxyl groups is 2. The first kappa shape index (κ1) is 26.0. The number of rotatable bonds is 9. The van der Waals surface area contributed by atoms with Crippen LogP contribution < -0.4 is 5.32 Å². The summed E-state index contributed by atoms with van der Waals surface area (Å²) in [6.07, 6.45) is -0.307. The van der Waals surface area contributed by atoms with E-state index in [0.717, 1.165) is 22.3 Å². The normalized spacial score (nSPS) is 14.2. The minimum Gasteiger partial charge on any atom is -0.515 e. The van der Waals surface area contributed by atoms with Crippen molar-refractivity contribution in [2.24, 2.45) is 5.92 Å². The van der Waals surface area contributed by atoms with Crippen molar-refractivity contribution in [2.75, 3.05) is 6.61 Å². The molecule has 0 unspecified atom stereocenters. The molecule has 1 amide bonds. The molecular weight excluding hydrogens is 450 g/mol. The topological polar surface area (TPSA) is 122 Å². The van der Waals surface area contributed by atoms with E-state index in [1.807, 2.05) is 62.4 Å². The summed E-state index contributed by atoms with van der Waals surface area (Å²) in [5, 5.41) is 21.7. The van der Waals surface area contributed by atoms with Crippen LogP contribution in [0.1, 0.15) is 51.2 Å². The van der Waals surface area contributed by atoms with Gasteiger partial charge in [-0.15, -0.1) is 0 Å². The van der Waals surface area contributed by atoms with Crippen LogP contribution in [0, 0.1) is 5.92 Å². The van der Waals surface area contributed by atoms with Crippen molar-refractivity contribution in [3.05, 3.63) is 71.5 Å². The zero-order chi connectivity index (χ0) is 25.8. The van der Waals surface area contributed by atoms with E-state index in [-0.39, 0.29) is 24.9 Å². The molecule has 1 aliphatic carbocycles. The average molecular weight is 482 g/mol. The summed E-state index contributed by atoms with van der Waals surface area (Å²) in [7, 11) is 0. The summed E-state index contributed by atoms with van der Waals surface area (Å²) in [6, 6.07) is 14.7. The number of benzene rings is 2. The molecule has 0 aromatic heterocycles. The van der Waals surface area contributed by atoms with E-state index in [9.17, 15) is 24.6 Å². The van der Waals surface area contributed by atoms with Crippen molar-refractivity contribution < 1.29 is 34.1 Å². The van der Waals surface area contributed by atoms with Gasteiger partial charge >= 0.3 is 12.1 Å². The Morgan fingerprint density at radius 3 is 2.06 bits per heavy atom. The standard InChI is InChI=1S/C27H31NO7/c1-16(2)13-23(24(30)21(14-29)25(31)35-27(3,4)33)28-26(32)34-15-22-19-11-7-5-9-17(19)18-10-6-8-12-20(18)22/h5-12,14,16,22-23,29,33H,13,15H2,1-4H3,(H,28,32)/t23-/m0/s1. The van der Waals surface area contributed by atoms with Gasteiger partial charge in [0.15, 0.2) is 5.78 Å². The summed E-state index contributed by atoms with van der Waals surface area (Å²) < 4.78 is 10.3.